The fourth-order valence-corrected chi connectivity index (χ4v) is 2.35. The SMILES string of the molecule is COc1ccc2[nH]c(C(=O)c3cccc(C(F)(F)F)c3)cc2c1. The Morgan fingerprint density at radius 3 is 2.57 bits per heavy atom. The van der Waals surface area contributed by atoms with Crippen LogP contribution in [0.5, 0.6) is 5.75 Å². The van der Waals surface area contributed by atoms with E-state index in [1.807, 2.05) is 0 Å². The first-order valence-electron chi connectivity index (χ1n) is 6.77. The van der Waals surface area contributed by atoms with Crippen LogP contribution in [-0.2, 0) is 6.18 Å². The summed E-state index contributed by atoms with van der Waals surface area (Å²) in [6.45, 7) is 0. The highest BCUT2D eigenvalue weighted by molar-refractivity contribution is 6.10. The van der Waals surface area contributed by atoms with Gasteiger partial charge in [-0.2, -0.15) is 13.2 Å². The number of alkyl halides is 3. The Labute approximate surface area is 129 Å². The van der Waals surface area contributed by atoms with E-state index < -0.39 is 17.5 Å². The number of ketones is 1. The van der Waals surface area contributed by atoms with Crippen LogP contribution in [0.25, 0.3) is 10.9 Å². The van der Waals surface area contributed by atoms with Gasteiger partial charge in [0, 0.05) is 16.5 Å². The van der Waals surface area contributed by atoms with E-state index in [9.17, 15) is 18.0 Å². The molecule has 1 N–H and O–H groups in total. The van der Waals surface area contributed by atoms with Gasteiger partial charge < -0.3 is 9.72 Å². The topological polar surface area (TPSA) is 42.1 Å². The van der Waals surface area contributed by atoms with Gasteiger partial charge in [-0.15, -0.1) is 0 Å². The average molecular weight is 319 g/mol. The minimum atomic E-state index is -4.48. The number of carbonyl (C=O) groups is 1. The number of H-pyrrole nitrogens is 1. The second-order valence-corrected chi connectivity index (χ2v) is 5.04. The van der Waals surface area contributed by atoms with Crippen LogP contribution in [0.3, 0.4) is 0 Å². The van der Waals surface area contributed by atoms with Gasteiger partial charge in [-0.25, -0.2) is 0 Å². The summed E-state index contributed by atoms with van der Waals surface area (Å²) in [6.07, 6.45) is -4.48. The molecule has 0 atom stereocenters. The van der Waals surface area contributed by atoms with E-state index in [2.05, 4.69) is 4.98 Å². The Hall–Kier alpha value is -2.76. The maximum absolute atomic E-state index is 12.8. The molecular formula is C17H12F3NO2. The van der Waals surface area contributed by atoms with Crippen LogP contribution in [0.1, 0.15) is 21.6 Å². The van der Waals surface area contributed by atoms with Crippen LogP contribution in [-0.4, -0.2) is 17.9 Å². The predicted molar refractivity (Wildman–Crippen MR) is 79.7 cm³/mol. The Morgan fingerprint density at radius 1 is 1.09 bits per heavy atom. The molecule has 0 spiro atoms. The van der Waals surface area contributed by atoms with Gasteiger partial charge in [-0.1, -0.05) is 12.1 Å². The maximum Gasteiger partial charge on any atom is 0.416 e. The predicted octanol–water partition coefficient (Wildman–Crippen LogP) is 4.43. The van der Waals surface area contributed by atoms with Gasteiger partial charge in [0.15, 0.2) is 0 Å². The quantitative estimate of drug-likeness (QED) is 0.726. The monoisotopic (exact) mass is 319 g/mol. The smallest absolute Gasteiger partial charge is 0.416 e. The summed E-state index contributed by atoms with van der Waals surface area (Å²) >= 11 is 0. The van der Waals surface area contributed by atoms with Crippen molar-refractivity contribution in [1.29, 1.82) is 0 Å². The Balaban J connectivity index is 2.00. The van der Waals surface area contributed by atoms with E-state index in [1.54, 1.807) is 24.3 Å². The van der Waals surface area contributed by atoms with Crippen LogP contribution in [0.4, 0.5) is 13.2 Å². The second-order valence-electron chi connectivity index (χ2n) is 5.04. The van der Waals surface area contributed by atoms with Gasteiger partial charge in [0.1, 0.15) is 5.75 Å². The third-order valence-electron chi connectivity index (χ3n) is 3.52. The van der Waals surface area contributed by atoms with Crippen molar-refractivity contribution in [2.45, 2.75) is 6.18 Å². The van der Waals surface area contributed by atoms with E-state index in [4.69, 9.17) is 4.74 Å². The molecule has 0 saturated heterocycles. The fourth-order valence-electron chi connectivity index (χ4n) is 2.35. The van der Waals surface area contributed by atoms with Gasteiger partial charge in [0.05, 0.1) is 18.4 Å². The molecule has 23 heavy (non-hydrogen) atoms. The van der Waals surface area contributed by atoms with Gasteiger partial charge in [-0.05, 0) is 36.4 Å². The molecule has 0 amide bonds. The number of fused-ring (bicyclic) bond motifs is 1. The number of aromatic amines is 1. The van der Waals surface area contributed by atoms with Crippen LogP contribution >= 0.6 is 0 Å². The van der Waals surface area contributed by atoms with Gasteiger partial charge in [0.25, 0.3) is 0 Å². The number of ether oxygens (including phenoxy) is 1. The number of hydrogen-bond donors (Lipinski definition) is 1. The summed E-state index contributed by atoms with van der Waals surface area (Å²) in [4.78, 5) is 15.3. The zero-order chi connectivity index (χ0) is 16.6. The molecule has 0 radical (unpaired) electrons. The molecule has 1 aromatic heterocycles. The summed E-state index contributed by atoms with van der Waals surface area (Å²) in [5.74, 6) is 0.140. The van der Waals surface area contributed by atoms with Crippen molar-refractivity contribution in [1.82, 2.24) is 4.98 Å². The number of carbonyl (C=O) groups excluding carboxylic acids is 1. The van der Waals surface area contributed by atoms with E-state index in [1.165, 1.54) is 19.2 Å². The van der Waals surface area contributed by atoms with Crippen molar-refractivity contribution in [2.75, 3.05) is 7.11 Å². The number of halogens is 3. The number of hydrogen-bond acceptors (Lipinski definition) is 2. The minimum absolute atomic E-state index is 0.0154. The van der Waals surface area contributed by atoms with Crippen molar-refractivity contribution in [3.05, 3.63) is 65.4 Å². The molecule has 0 bridgehead atoms. The third kappa shape index (κ3) is 2.92. The second kappa shape index (κ2) is 5.46. The van der Waals surface area contributed by atoms with Crippen molar-refractivity contribution in [3.8, 4) is 5.75 Å². The maximum atomic E-state index is 12.8. The van der Waals surface area contributed by atoms with E-state index in [-0.39, 0.29) is 11.3 Å². The molecule has 0 aliphatic carbocycles. The molecule has 0 unspecified atom stereocenters. The first-order chi connectivity index (χ1) is 10.9. The third-order valence-corrected chi connectivity index (χ3v) is 3.52. The summed E-state index contributed by atoms with van der Waals surface area (Å²) in [5.41, 5.74) is 0.0770. The molecule has 6 heteroatoms. The van der Waals surface area contributed by atoms with E-state index in [0.717, 1.165) is 17.5 Å². The van der Waals surface area contributed by atoms with Crippen molar-refractivity contribution < 1.29 is 22.7 Å². The van der Waals surface area contributed by atoms with E-state index in [0.29, 0.717) is 11.3 Å². The van der Waals surface area contributed by atoms with Gasteiger partial charge >= 0.3 is 6.18 Å². The zero-order valence-electron chi connectivity index (χ0n) is 12.1. The highest BCUT2D eigenvalue weighted by Crippen LogP contribution is 2.30. The van der Waals surface area contributed by atoms with Crippen LogP contribution in [0, 0.1) is 0 Å². The van der Waals surface area contributed by atoms with Crippen molar-refractivity contribution in [3.63, 3.8) is 0 Å². The number of aromatic nitrogens is 1. The Morgan fingerprint density at radius 2 is 1.87 bits per heavy atom. The Bertz CT molecular complexity index is 881. The highest BCUT2D eigenvalue weighted by atomic mass is 19.4. The summed E-state index contributed by atoms with van der Waals surface area (Å²) in [6, 6.07) is 11.2. The molecular weight excluding hydrogens is 307 g/mol. The number of methoxy groups -OCH3 is 1. The van der Waals surface area contributed by atoms with Crippen LogP contribution < -0.4 is 4.74 Å². The number of nitrogens with one attached hydrogen (secondary N) is 1. The molecule has 0 aliphatic rings. The van der Waals surface area contributed by atoms with Gasteiger partial charge in [-0.3, -0.25) is 4.79 Å². The van der Waals surface area contributed by atoms with Crippen LogP contribution in [0.15, 0.2) is 48.5 Å². The standard InChI is InChI=1S/C17H12F3NO2/c1-23-13-5-6-14-11(8-13)9-15(21-14)16(22)10-3-2-4-12(7-10)17(18,19)20/h2-9,21H,1H3. The van der Waals surface area contributed by atoms with Crippen molar-refractivity contribution in [2.24, 2.45) is 0 Å². The van der Waals surface area contributed by atoms with Gasteiger partial charge in [0.2, 0.25) is 5.78 Å². The molecule has 0 saturated carbocycles. The molecule has 3 nitrogen and oxygen atoms in total. The fraction of sp³-hybridized carbons (Fsp3) is 0.118. The molecule has 2 aromatic carbocycles. The molecule has 3 aromatic rings. The number of benzene rings is 2. The average Bonchev–Trinajstić information content (AvgIpc) is 2.96. The molecule has 1 heterocycles. The van der Waals surface area contributed by atoms with Crippen LogP contribution in [0.2, 0.25) is 0 Å². The normalized spacial score (nSPS) is 11.7. The highest BCUT2D eigenvalue weighted by Gasteiger charge is 2.31. The van der Waals surface area contributed by atoms with E-state index >= 15 is 0 Å². The zero-order valence-corrected chi connectivity index (χ0v) is 12.1. The largest absolute Gasteiger partial charge is 0.497 e. The molecule has 118 valence electrons. The molecule has 0 fully saturated rings. The first-order valence-corrected chi connectivity index (χ1v) is 6.77. The lowest BCUT2D eigenvalue weighted by Gasteiger charge is -2.07. The summed E-state index contributed by atoms with van der Waals surface area (Å²) in [5, 5.41) is 0.750. The lowest BCUT2D eigenvalue weighted by Crippen LogP contribution is -2.08. The summed E-state index contributed by atoms with van der Waals surface area (Å²) < 4.78 is 43.4. The lowest BCUT2D eigenvalue weighted by atomic mass is 10.0. The molecule has 0 aliphatic heterocycles. The summed E-state index contributed by atoms with van der Waals surface area (Å²) in [7, 11) is 1.53. The first kappa shape index (κ1) is 15.1. The van der Waals surface area contributed by atoms with Crippen molar-refractivity contribution >= 4 is 16.7 Å². The number of rotatable bonds is 3. The minimum Gasteiger partial charge on any atom is -0.497 e. The lowest BCUT2D eigenvalue weighted by molar-refractivity contribution is -0.137. The molecule has 3 rings (SSSR count). The Kier molecular flexibility index (Phi) is 3.60.